The lowest BCUT2D eigenvalue weighted by molar-refractivity contribution is 0.462. The van der Waals surface area contributed by atoms with Crippen LogP contribution in [-0.2, 0) is 0 Å². The van der Waals surface area contributed by atoms with Crippen LogP contribution in [0.5, 0.6) is 0 Å². The molecule has 1 atom stereocenters. The van der Waals surface area contributed by atoms with Crippen molar-refractivity contribution in [2.75, 3.05) is 18.8 Å². The lowest BCUT2D eigenvalue weighted by Gasteiger charge is -2.23. The maximum atomic E-state index is 5.74. The highest BCUT2D eigenvalue weighted by Gasteiger charge is 2.14. The molecule has 3 heteroatoms. The van der Waals surface area contributed by atoms with Gasteiger partial charge in [-0.15, -0.1) is 12.4 Å². The summed E-state index contributed by atoms with van der Waals surface area (Å²) < 4.78 is 0. The van der Waals surface area contributed by atoms with E-state index in [0.717, 1.165) is 12.2 Å². The number of nitrogens with two attached hydrogens (primary N) is 1. The summed E-state index contributed by atoms with van der Waals surface area (Å²) in [7, 11) is 0. The van der Waals surface area contributed by atoms with E-state index in [0.29, 0.717) is 5.92 Å². The van der Waals surface area contributed by atoms with E-state index in [1.807, 2.05) is 12.1 Å². The van der Waals surface area contributed by atoms with Gasteiger partial charge in [-0.1, -0.05) is 12.1 Å². The number of halogens is 1. The van der Waals surface area contributed by atoms with E-state index >= 15 is 0 Å². The first-order valence-electron chi connectivity index (χ1n) is 4.92. The summed E-state index contributed by atoms with van der Waals surface area (Å²) in [4.78, 5) is 0. The zero-order valence-electron chi connectivity index (χ0n) is 8.20. The monoisotopic (exact) mass is 212 g/mol. The summed E-state index contributed by atoms with van der Waals surface area (Å²) in [6.07, 6.45) is 2.57. The van der Waals surface area contributed by atoms with Gasteiger partial charge in [0.25, 0.3) is 0 Å². The molecule has 1 aromatic carbocycles. The first kappa shape index (κ1) is 11.3. The molecule has 0 saturated carbocycles. The molecule has 0 aromatic heterocycles. The van der Waals surface area contributed by atoms with Crippen molar-refractivity contribution in [3.8, 4) is 0 Å². The largest absolute Gasteiger partial charge is 0.399 e. The van der Waals surface area contributed by atoms with Crippen LogP contribution in [0.4, 0.5) is 5.69 Å². The van der Waals surface area contributed by atoms with Crippen molar-refractivity contribution in [1.29, 1.82) is 0 Å². The van der Waals surface area contributed by atoms with Gasteiger partial charge in [-0.2, -0.15) is 0 Å². The molecule has 0 bridgehead atoms. The Kier molecular flexibility index (Phi) is 4.23. The van der Waals surface area contributed by atoms with Gasteiger partial charge < -0.3 is 11.1 Å². The molecule has 1 aliphatic rings. The molecular formula is C11H17ClN2. The Labute approximate surface area is 91.3 Å². The summed E-state index contributed by atoms with van der Waals surface area (Å²) in [5, 5.41) is 3.41. The van der Waals surface area contributed by atoms with Crippen LogP contribution in [0.1, 0.15) is 24.3 Å². The van der Waals surface area contributed by atoms with Gasteiger partial charge >= 0.3 is 0 Å². The normalized spacial score (nSPS) is 21.3. The standard InChI is InChI=1S/C11H16N2.ClH/c12-11-5-1-3-9(7-11)10-4-2-6-13-8-10;/h1,3,5,7,10,13H,2,4,6,8,12H2;1H. The van der Waals surface area contributed by atoms with Crippen LogP contribution in [0.3, 0.4) is 0 Å². The third-order valence-corrected chi connectivity index (χ3v) is 2.68. The smallest absolute Gasteiger partial charge is 0.0316 e. The molecule has 0 amide bonds. The molecule has 1 heterocycles. The van der Waals surface area contributed by atoms with E-state index in [2.05, 4.69) is 17.4 Å². The van der Waals surface area contributed by atoms with Gasteiger partial charge in [0.2, 0.25) is 0 Å². The number of anilines is 1. The number of piperidine rings is 1. The Balaban J connectivity index is 0.000000980. The summed E-state index contributed by atoms with van der Waals surface area (Å²) in [5.74, 6) is 0.664. The van der Waals surface area contributed by atoms with E-state index < -0.39 is 0 Å². The van der Waals surface area contributed by atoms with E-state index in [1.165, 1.54) is 24.9 Å². The fraction of sp³-hybridized carbons (Fsp3) is 0.455. The van der Waals surface area contributed by atoms with E-state index in [1.54, 1.807) is 0 Å². The van der Waals surface area contributed by atoms with Gasteiger partial charge in [0.05, 0.1) is 0 Å². The number of nitrogen functional groups attached to an aromatic ring is 1. The van der Waals surface area contributed by atoms with Crippen LogP contribution in [0.25, 0.3) is 0 Å². The molecular weight excluding hydrogens is 196 g/mol. The van der Waals surface area contributed by atoms with Gasteiger partial charge in [0, 0.05) is 12.2 Å². The highest BCUT2D eigenvalue weighted by molar-refractivity contribution is 5.85. The highest BCUT2D eigenvalue weighted by atomic mass is 35.5. The second-order valence-electron chi connectivity index (χ2n) is 3.71. The second kappa shape index (κ2) is 5.23. The van der Waals surface area contributed by atoms with Crippen molar-refractivity contribution >= 4 is 18.1 Å². The zero-order chi connectivity index (χ0) is 9.10. The van der Waals surface area contributed by atoms with E-state index in [-0.39, 0.29) is 12.4 Å². The number of rotatable bonds is 1. The fourth-order valence-electron chi connectivity index (χ4n) is 1.95. The number of benzene rings is 1. The highest BCUT2D eigenvalue weighted by Crippen LogP contribution is 2.24. The van der Waals surface area contributed by atoms with E-state index in [9.17, 15) is 0 Å². The van der Waals surface area contributed by atoms with Gasteiger partial charge in [0.1, 0.15) is 0 Å². The molecule has 1 aliphatic heterocycles. The van der Waals surface area contributed by atoms with Crippen molar-refractivity contribution in [2.45, 2.75) is 18.8 Å². The van der Waals surface area contributed by atoms with Gasteiger partial charge in [-0.05, 0) is 43.0 Å². The Hall–Kier alpha value is -0.730. The maximum Gasteiger partial charge on any atom is 0.0316 e. The molecule has 0 radical (unpaired) electrons. The maximum absolute atomic E-state index is 5.74. The summed E-state index contributed by atoms with van der Waals surface area (Å²) in [6.45, 7) is 2.27. The molecule has 1 saturated heterocycles. The van der Waals surface area contributed by atoms with Gasteiger partial charge in [0.15, 0.2) is 0 Å². The second-order valence-corrected chi connectivity index (χ2v) is 3.71. The Bertz CT molecular complexity index is 282. The SMILES string of the molecule is Cl.Nc1cccc(C2CCCNC2)c1. The Morgan fingerprint density at radius 1 is 1.36 bits per heavy atom. The summed E-state index contributed by atoms with van der Waals surface area (Å²) in [6, 6.07) is 8.25. The van der Waals surface area contributed by atoms with Crippen LogP contribution in [0.15, 0.2) is 24.3 Å². The van der Waals surface area contributed by atoms with Crippen LogP contribution >= 0.6 is 12.4 Å². The predicted octanol–water partition coefficient (Wildman–Crippen LogP) is 2.16. The third kappa shape index (κ3) is 2.63. The number of nitrogens with one attached hydrogen (secondary N) is 1. The van der Waals surface area contributed by atoms with Crippen molar-refractivity contribution in [3.05, 3.63) is 29.8 Å². The summed E-state index contributed by atoms with van der Waals surface area (Å²) in [5.41, 5.74) is 8.00. The third-order valence-electron chi connectivity index (χ3n) is 2.68. The van der Waals surface area contributed by atoms with Crippen molar-refractivity contribution < 1.29 is 0 Å². The molecule has 1 unspecified atom stereocenters. The Morgan fingerprint density at radius 3 is 2.86 bits per heavy atom. The number of hydrogen-bond donors (Lipinski definition) is 2. The van der Waals surface area contributed by atoms with Crippen molar-refractivity contribution in [1.82, 2.24) is 5.32 Å². The zero-order valence-corrected chi connectivity index (χ0v) is 9.02. The molecule has 2 rings (SSSR count). The lowest BCUT2D eigenvalue weighted by atomic mass is 9.91. The molecule has 78 valence electrons. The Morgan fingerprint density at radius 2 is 2.21 bits per heavy atom. The fourth-order valence-corrected chi connectivity index (χ4v) is 1.95. The minimum absolute atomic E-state index is 0. The average molecular weight is 213 g/mol. The topological polar surface area (TPSA) is 38.0 Å². The summed E-state index contributed by atoms with van der Waals surface area (Å²) >= 11 is 0. The van der Waals surface area contributed by atoms with Crippen LogP contribution in [0.2, 0.25) is 0 Å². The first-order chi connectivity index (χ1) is 6.36. The molecule has 0 spiro atoms. The minimum Gasteiger partial charge on any atom is -0.399 e. The molecule has 1 aromatic rings. The van der Waals surface area contributed by atoms with Crippen molar-refractivity contribution in [2.24, 2.45) is 0 Å². The molecule has 1 fully saturated rings. The van der Waals surface area contributed by atoms with Crippen molar-refractivity contribution in [3.63, 3.8) is 0 Å². The lowest BCUT2D eigenvalue weighted by Crippen LogP contribution is -2.28. The first-order valence-corrected chi connectivity index (χ1v) is 4.92. The molecule has 3 N–H and O–H groups in total. The minimum atomic E-state index is 0. The van der Waals surface area contributed by atoms with Gasteiger partial charge in [-0.25, -0.2) is 0 Å². The predicted molar refractivity (Wildman–Crippen MR) is 62.9 cm³/mol. The molecule has 2 nitrogen and oxygen atoms in total. The van der Waals surface area contributed by atoms with Crippen LogP contribution < -0.4 is 11.1 Å². The number of hydrogen-bond acceptors (Lipinski definition) is 2. The molecule has 0 aliphatic carbocycles. The average Bonchev–Trinajstić information content (AvgIpc) is 2.19. The van der Waals surface area contributed by atoms with E-state index in [4.69, 9.17) is 5.73 Å². The quantitative estimate of drug-likeness (QED) is 0.701. The van der Waals surface area contributed by atoms with Crippen LogP contribution in [0, 0.1) is 0 Å². The molecule has 14 heavy (non-hydrogen) atoms. The van der Waals surface area contributed by atoms with Crippen LogP contribution in [-0.4, -0.2) is 13.1 Å². The van der Waals surface area contributed by atoms with Gasteiger partial charge in [-0.3, -0.25) is 0 Å².